The van der Waals surface area contributed by atoms with Crippen molar-refractivity contribution in [3.63, 3.8) is 0 Å². The second kappa shape index (κ2) is 8.43. The number of aromatic nitrogens is 4. The van der Waals surface area contributed by atoms with E-state index in [4.69, 9.17) is 0 Å². The van der Waals surface area contributed by atoms with Crippen molar-refractivity contribution in [2.24, 2.45) is 7.05 Å². The average molecular weight is 378 g/mol. The van der Waals surface area contributed by atoms with Gasteiger partial charge in [-0.05, 0) is 18.2 Å². The minimum absolute atomic E-state index is 0.157. The third-order valence-electron chi connectivity index (χ3n) is 4.13. The number of nitrogens with zero attached hydrogens (tertiary/aromatic N) is 5. The van der Waals surface area contributed by atoms with Crippen molar-refractivity contribution in [1.82, 2.24) is 24.8 Å². The molecule has 0 saturated carbocycles. The van der Waals surface area contributed by atoms with Crippen LogP contribution in [0.2, 0.25) is 0 Å². The highest BCUT2D eigenvalue weighted by molar-refractivity contribution is 5.93. The van der Waals surface area contributed by atoms with Gasteiger partial charge >= 0.3 is 0 Å². The Morgan fingerprint density at radius 1 is 1.18 bits per heavy atom. The molecule has 0 aromatic carbocycles. The predicted octanol–water partition coefficient (Wildman–Crippen LogP) is 1.28. The molecule has 3 aromatic rings. The fourth-order valence-corrected chi connectivity index (χ4v) is 2.58. The highest BCUT2D eigenvalue weighted by Crippen LogP contribution is 2.17. The lowest BCUT2D eigenvalue weighted by Crippen LogP contribution is -2.28. The second-order valence-corrected chi connectivity index (χ2v) is 6.52. The summed E-state index contributed by atoms with van der Waals surface area (Å²) in [6.07, 6.45) is 3.76. The van der Waals surface area contributed by atoms with Crippen LogP contribution in [-0.4, -0.2) is 46.1 Å². The maximum Gasteiger partial charge on any atom is 0.252 e. The first-order chi connectivity index (χ1) is 13.4. The summed E-state index contributed by atoms with van der Waals surface area (Å²) in [5.41, 5.74) is 1.78. The maximum absolute atomic E-state index is 12.3. The third kappa shape index (κ3) is 4.59. The number of hydrogen-bond donors (Lipinski definition) is 1. The van der Waals surface area contributed by atoms with Crippen molar-refractivity contribution in [2.75, 3.05) is 25.5 Å². The van der Waals surface area contributed by atoms with Gasteiger partial charge in [-0.3, -0.25) is 14.6 Å². The molecular formula is C20H22N6O2. The van der Waals surface area contributed by atoms with Gasteiger partial charge in [0.15, 0.2) is 5.82 Å². The van der Waals surface area contributed by atoms with Crippen LogP contribution in [0.5, 0.6) is 0 Å². The first-order valence-corrected chi connectivity index (χ1v) is 8.85. The van der Waals surface area contributed by atoms with E-state index in [-0.39, 0.29) is 11.5 Å². The van der Waals surface area contributed by atoms with Gasteiger partial charge < -0.3 is 14.8 Å². The minimum Gasteiger partial charge on any atom is -0.363 e. The molecule has 0 fully saturated rings. The maximum atomic E-state index is 12.3. The van der Waals surface area contributed by atoms with E-state index in [0.717, 1.165) is 11.5 Å². The smallest absolute Gasteiger partial charge is 0.252 e. The van der Waals surface area contributed by atoms with Crippen molar-refractivity contribution in [3.05, 3.63) is 70.4 Å². The van der Waals surface area contributed by atoms with Gasteiger partial charge in [-0.15, -0.1) is 0 Å². The van der Waals surface area contributed by atoms with E-state index in [1.807, 2.05) is 43.3 Å². The van der Waals surface area contributed by atoms with Crippen molar-refractivity contribution < 1.29 is 4.79 Å². The molecule has 0 aliphatic carbocycles. The van der Waals surface area contributed by atoms with Gasteiger partial charge in [0.1, 0.15) is 11.5 Å². The van der Waals surface area contributed by atoms with E-state index < -0.39 is 0 Å². The molecule has 0 unspecified atom stereocenters. The Labute approximate surface area is 162 Å². The van der Waals surface area contributed by atoms with Crippen LogP contribution in [0.25, 0.3) is 11.5 Å². The molecule has 3 aromatic heterocycles. The zero-order chi connectivity index (χ0) is 20.1. The molecule has 0 radical (unpaired) electrons. The van der Waals surface area contributed by atoms with Crippen LogP contribution in [0.1, 0.15) is 16.1 Å². The molecule has 0 atom stereocenters. The fourth-order valence-electron chi connectivity index (χ4n) is 2.58. The molecule has 1 N–H and O–H groups in total. The SMILES string of the molecule is CN(C)c1cc(CCNC(=O)c2ccc(=O)n(C)c2)nc(-c2ccccn2)n1. The van der Waals surface area contributed by atoms with Crippen molar-refractivity contribution >= 4 is 11.7 Å². The minimum atomic E-state index is -0.234. The van der Waals surface area contributed by atoms with Gasteiger partial charge in [0.2, 0.25) is 5.56 Å². The summed E-state index contributed by atoms with van der Waals surface area (Å²) in [5.74, 6) is 1.09. The standard InChI is InChI=1S/C20H22N6O2/c1-25(2)17-12-15(23-19(24-17)16-6-4-5-10-21-16)9-11-22-20(28)14-7-8-18(27)26(3)13-14/h4-8,10,12-13H,9,11H2,1-3H3,(H,22,28). The number of anilines is 1. The monoisotopic (exact) mass is 378 g/mol. The molecule has 3 rings (SSSR count). The Morgan fingerprint density at radius 3 is 2.68 bits per heavy atom. The van der Waals surface area contributed by atoms with E-state index in [9.17, 15) is 9.59 Å². The van der Waals surface area contributed by atoms with Gasteiger partial charge in [0, 0.05) is 64.3 Å². The van der Waals surface area contributed by atoms with E-state index >= 15 is 0 Å². The molecular weight excluding hydrogens is 356 g/mol. The Morgan fingerprint density at radius 2 is 2.00 bits per heavy atom. The summed E-state index contributed by atoms with van der Waals surface area (Å²) in [5, 5.41) is 2.86. The highest BCUT2D eigenvalue weighted by Gasteiger charge is 2.11. The lowest BCUT2D eigenvalue weighted by atomic mass is 10.2. The van der Waals surface area contributed by atoms with Crippen LogP contribution in [0, 0.1) is 0 Å². The number of amides is 1. The van der Waals surface area contributed by atoms with Crippen LogP contribution in [0.15, 0.2) is 53.6 Å². The summed E-state index contributed by atoms with van der Waals surface area (Å²) >= 11 is 0. The topological polar surface area (TPSA) is 93.0 Å². The Kier molecular flexibility index (Phi) is 5.78. The van der Waals surface area contributed by atoms with E-state index in [0.29, 0.717) is 30.0 Å². The molecule has 0 aliphatic rings. The molecule has 144 valence electrons. The molecule has 8 heteroatoms. The average Bonchev–Trinajstić information content (AvgIpc) is 2.70. The third-order valence-corrected chi connectivity index (χ3v) is 4.13. The molecule has 1 amide bonds. The van der Waals surface area contributed by atoms with Gasteiger partial charge in [-0.2, -0.15) is 0 Å². The van der Waals surface area contributed by atoms with Gasteiger partial charge in [-0.1, -0.05) is 6.07 Å². The Balaban J connectivity index is 1.73. The van der Waals surface area contributed by atoms with Crippen LogP contribution in [-0.2, 0) is 13.5 Å². The summed E-state index contributed by atoms with van der Waals surface area (Å²) in [6, 6.07) is 10.4. The molecule has 8 nitrogen and oxygen atoms in total. The fraction of sp³-hybridized carbons (Fsp3) is 0.250. The van der Waals surface area contributed by atoms with Gasteiger partial charge in [0.25, 0.3) is 5.91 Å². The summed E-state index contributed by atoms with van der Waals surface area (Å²) in [6.45, 7) is 0.410. The highest BCUT2D eigenvalue weighted by atomic mass is 16.2. The van der Waals surface area contributed by atoms with Crippen molar-refractivity contribution in [1.29, 1.82) is 0 Å². The molecule has 28 heavy (non-hydrogen) atoms. The van der Waals surface area contributed by atoms with E-state index in [1.165, 1.54) is 22.9 Å². The quantitative estimate of drug-likeness (QED) is 0.694. The normalized spacial score (nSPS) is 10.5. The van der Waals surface area contributed by atoms with Crippen LogP contribution in [0.3, 0.4) is 0 Å². The number of nitrogens with one attached hydrogen (secondary N) is 1. The zero-order valence-corrected chi connectivity index (χ0v) is 16.1. The van der Waals surface area contributed by atoms with Gasteiger partial charge in [-0.25, -0.2) is 9.97 Å². The molecule has 0 aliphatic heterocycles. The number of hydrogen-bond acceptors (Lipinski definition) is 6. The summed E-state index contributed by atoms with van der Waals surface area (Å²) in [7, 11) is 5.44. The molecule has 0 bridgehead atoms. The summed E-state index contributed by atoms with van der Waals surface area (Å²) in [4.78, 5) is 39.1. The van der Waals surface area contributed by atoms with Crippen molar-refractivity contribution in [2.45, 2.75) is 6.42 Å². The van der Waals surface area contributed by atoms with Crippen LogP contribution >= 0.6 is 0 Å². The van der Waals surface area contributed by atoms with E-state index in [1.54, 1.807) is 13.2 Å². The molecule has 0 saturated heterocycles. The molecule has 3 heterocycles. The predicted molar refractivity (Wildman–Crippen MR) is 107 cm³/mol. The van der Waals surface area contributed by atoms with Crippen LogP contribution in [0.4, 0.5) is 5.82 Å². The number of carbonyl (C=O) groups is 1. The summed E-state index contributed by atoms with van der Waals surface area (Å²) < 4.78 is 1.38. The Hall–Kier alpha value is -3.55. The lowest BCUT2D eigenvalue weighted by molar-refractivity contribution is 0.0953. The first kappa shape index (κ1) is 19.2. The van der Waals surface area contributed by atoms with Gasteiger partial charge in [0.05, 0.1) is 5.56 Å². The second-order valence-electron chi connectivity index (χ2n) is 6.52. The number of pyridine rings is 2. The number of aryl methyl sites for hydroxylation is 1. The lowest BCUT2D eigenvalue weighted by Gasteiger charge is -2.14. The Bertz CT molecular complexity index is 1030. The zero-order valence-electron chi connectivity index (χ0n) is 16.1. The number of carbonyl (C=O) groups excluding carboxylic acids is 1. The van der Waals surface area contributed by atoms with Crippen molar-refractivity contribution in [3.8, 4) is 11.5 Å². The van der Waals surface area contributed by atoms with E-state index in [2.05, 4.69) is 20.3 Å². The number of rotatable bonds is 6. The van der Waals surface area contributed by atoms with Crippen LogP contribution < -0.4 is 15.8 Å². The first-order valence-electron chi connectivity index (χ1n) is 8.85. The largest absolute Gasteiger partial charge is 0.363 e. The molecule has 0 spiro atoms.